The molecular weight excluding hydrogens is 358 g/mol. The summed E-state index contributed by atoms with van der Waals surface area (Å²) in [4.78, 5) is 26.3. The van der Waals surface area contributed by atoms with Crippen molar-refractivity contribution in [2.75, 3.05) is 25.0 Å². The first-order valence-electron chi connectivity index (χ1n) is 9.13. The van der Waals surface area contributed by atoms with Gasteiger partial charge >= 0.3 is 0 Å². The highest BCUT2D eigenvalue weighted by molar-refractivity contribution is 7.08. The Balaban J connectivity index is 1.66. The zero-order chi connectivity index (χ0) is 18.8. The van der Waals surface area contributed by atoms with Crippen LogP contribution in [0.3, 0.4) is 0 Å². The standard InChI is InChI=1S/C20H23N5OS/c1-23-11-8-21-18(23)13-24(2)20(26)16-5-6-17(15-7-12-27-14-15)22-19(16)25-9-3-4-10-25/h5-8,11-12,14H,3-4,9-10,13H2,1-2H3. The number of imidazole rings is 1. The highest BCUT2D eigenvalue weighted by atomic mass is 32.1. The summed E-state index contributed by atoms with van der Waals surface area (Å²) in [5.41, 5.74) is 2.68. The van der Waals surface area contributed by atoms with Crippen molar-refractivity contribution in [2.45, 2.75) is 19.4 Å². The molecule has 0 N–H and O–H groups in total. The molecule has 7 heteroatoms. The molecule has 4 rings (SSSR count). The maximum absolute atomic E-state index is 13.2. The molecule has 6 nitrogen and oxygen atoms in total. The van der Waals surface area contributed by atoms with Crippen molar-refractivity contribution in [2.24, 2.45) is 7.05 Å². The molecule has 0 atom stereocenters. The van der Waals surface area contributed by atoms with E-state index in [0.29, 0.717) is 12.1 Å². The van der Waals surface area contributed by atoms with Gasteiger partial charge in [-0.15, -0.1) is 0 Å². The van der Waals surface area contributed by atoms with Crippen LogP contribution in [0.15, 0.2) is 41.4 Å². The third-order valence-electron chi connectivity index (χ3n) is 4.97. The smallest absolute Gasteiger partial charge is 0.257 e. The van der Waals surface area contributed by atoms with E-state index in [1.54, 1.807) is 22.4 Å². The molecule has 140 valence electrons. The van der Waals surface area contributed by atoms with Gasteiger partial charge in [-0.1, -0.05) is 0 Å². The molecule has 0 aromatic carbocycles. The lowest BCUT2D eigenvalue weighted by Gasteiger charge is -2.23. The van der Waals surface area contributed by atoms with Crippen molar-refractivity contribution >= 4 is 23.1 Å². The Kier molecular flexibility index (Phi) is 4.94. The highest BCUT2D eigenvalue weighted by Gasteiger charge is 2.24. The van der Waals surface area contributed by atoms with Gasteiger partial charge in [0.05, 0.1) is 17.8 Å². The van der Waals surface area contributed by atoms with Crippen LogP contribution in [0.1, 0.15) is 29.0 Å². The molecule has 1 amide bonds. The fourth-order valence-corrected chi connectivity index (χ4v) is 4.04. The van der Waals surface area contributed by atoms with E-state index in [0.717, 1.165) is 48.8 Å². The number of carbonyl (C=O) groups excluding carboxylic acids is 1. The predicted molar refractivity (Wildman–Crippen MR) is 108 cm³/mol. The van der Waals surface area contributed by atoms with E-state index in [2.05, 4.69) is 21.3 Å². The van der Waals surface area contributed by atoms with E-state index in [1.165, 1.54) is 0 Å². The number of aromatic nitrogens is 3. The Hall–Kier alpha value is -2.67. The van der Waals surface area contributed by atoms with E-state index in [-0.39, 0.29) is 5.91 Å². The van der Waals surface area contributed by atoms with Crippen molar-refractivity contribution in [3.63, 3.8) is 0 Å². The molecular formula is C20H23N5OS. The van der Waals surface area contributed by atoms with Crippen molar-refractivity contribution < 1.29 is 4.79 Å². The Morgan fingerprint density at radius 2 is 2.07 bits per heavy atom. The molecule has 1 aliphatic rings. The molecule has 0 radical (unpaired) electrons. The van der Waals surface area contributed by atoms with Crippen LogP contribution < -0.4 is 4.90 Å². The van der Waals surface area contributed by atoms with Gasteiger partial charge in [0.25, 0.3) is 5.91 Å². The topological polar surface area (TPSA) is 54.3 Å². The maximum atomic E-state index is 13.2. The monoisotopic (exact) mass is 381 g/mol. The quantitative estimate of drug-likeness (QED) is 0.680. The first-order valence-corrected chi connectivity index (χ1v) is 10.1. The first kappa shape index (κ1) is 17.7. The molecule has 0 spiro atoms. The number of aryl methyl sites for hydroxylation is 1. The Morgan fingerprint density at radius 1 is 1.26 bits per heavy atom. The molecule has 27 heavy (non-hydrogen) atoms. The van der Waals surface area contributed by atoms with Crippen LogP contribution in [0.25, 0.3) is 11.3 Å². The lowest BCUT2D eigenvalue weighted by molar-refractivity contribution is 0.0781. The minimum atomic E-state index is -0.0238. The molecule has 4 heterocycles. The number of nitrogens with zero attached hydrogens (tertiary/aromatic N) is 5. The maximum Gasteiger partial charge on any atom is 0.257 e. The molecule has 3 aromatic rings. The summed E-state index contributed by atoms with van der Waals surface area (Å²) in [5, 5.41) is 4.14. The summed E-state index contributed by atoms with van der Waals surface area (Å²) in [6.45, 7) is 2.36. The van der Waals surface area contributed by atoms with Crippen LogP contribution >= 0.6 is 11.3 Å². The number of hydrogen-bond acceptors (Lipinski definition) is 5. The van der Waals surface area contributed by atoms with Gasteiger partial charge in [-0.05, 0) is 36.4 Å². The van der Waals surface area contributed by atoms with E-state index in [4.69, 9.17) is 4.98 Å². The summed E-state index contributed by atoms with van der Waals surface area (Å²) in [7, 11) is 3.76. The third kappa shape index (κ3) is 3.60. The van der Waals surface area contributed by atoms with Crippen LogP contribution in [0.4, 0.5) is 5.82 Å². The van der Waals surface area contributed by atoms with Gasteiger partial charge in [-0.25, -0.2) is 9.97 Å². The molecule has 0 bridgehead atoms. The lowest BCUT2D eigenvalue weighted by Crippen LogP contribution is -2.30. The zero-order valence-electron chi connectivity index (χ0n) is 15.6. The average molecular weight is 382 g/mol. The van der Waals surface area contributed by atoms with Crippen molar-refractivity contribution in [3.8, 4) is 11.3 Å². The summed E-state index contributed by atoms with van der Waals surface area (Å²) < 4.78 is 1.93. The van der Waals surface area contributed by atoms with E-state index < -0.39 is 0 Å². The van der Waals surface area contributed by atoms with Crippen LogP contribution in [0.2, 0.25) is 0 Å². The number of rotatable bonds is 5. The normalized spacial score (nSPS) is 13.9. The molecule has 0 aliphatic carbocycles. The van der Waals surface area contributed by atoms with Gasteiger partial charge < -0.3 is 14.4 Å². The fraction of sp³-hybridized carbons (Fsp3) is 0.350. The first-order chi connectivity index (χ1) is 13.1. The van der Waals surface area contributed by atoms with Crippen LogP contribution in [0, 0.1) is 0 Å². The van der Waals surface area contributed by atoms with Crippen molar-refractivity contribution in [1.82, 2.24) is 19.4 Å². The minimum absolute atomic E-state index is 0.0238. The van der Waals surface area contributed by atoms with E-state index in [9.17, 15) is 4.79 Å². The number of thiophene rings is 1. The fourth-order valence-electron chi connectivity index (χ4n) is 3.39. The van der Waals surface area contributed by atoms with Gasteiger partial charge in [0.1, 0.15) is 11.6 Å². The predicted octanol–water partition coefficient (Wildman–Crippen LogP) is 3.42. The molecule has 0 saturated carbocycles. The summed E-state index contributed by atoms with van der Waals surface area (Å²) in [6.07, 6.45) is 5.92. The Morgan fingerprint density at radius 3 is 2.74 bits per heavy atom. The van der Waals surface area contributed by atoms with Gasteiger partial charge in [-0.2, -0.15) is 11.3 Å². The second-order valence-corrected chi connectivity index (χ2v) is 7.67. The van der Waals surface area contributed by atoms with Crippen LogP contribution in [-0.4, -0.2) is 45.5 Å². The molecule has 0 unspecified atom stereocenters. The molecule has 1 fully saturated rings. The molecule has 1 saturated heterocycles. The SMILES string of the molecule is CN(Cc1nccn1C)C(=O)c1ccc(-c2ccsc2)nc1N1CCCC1. The summed E-state index contributed by atoms with van der Waals surface area (Å²) in [6, 6.07) is 5.93. The average Bonchev–Trinajstić information content (AvgIpc) is 3.44. The van der Waals surface area contributed by atoms with Gasteiger partial charge in [0, 0.05) is 50.5 Å². The van der Waals surface area contributed by atoms with Crippen LogP contribution in [0.5, 0.6) is 0 Å². The highest BCUT2D eigenvalue weighted by Crippen LogP contribution is 2.29. The second-order valence-electron chi connectivity index (χ2n) is 6.89. The number of anilines is 1. The lowest BCUT2D eigenvalue weighted by atomic mass is 10.1. The Bertz CT molecular complexity index is 928. The number of pyridine rings is 1. The minimum Gasteiger partial charge on any atom is -0.356 e. The molecule has 1 aliphatic heterocycles. The van der Waals surface area contributed by atoms with Crippen molar-refractivity contribution in [1.29, 1.82) is 0 Å². The van der Waals surface area contributed by atoms with Crippen LogP contribution in [-0.2, 0) is 13.6 Å². The zero-order valence-corrected chi connectivity index (χ0v) is 16.4. The summed E-state index contributed by atoms with van der Waals surface area (Å²) in [5.74, 6) is 1.63. The molecule has 3 aromatic heterocycles. The van der Waals surface area contributed by atoms with Crippen molar-refractivity contribution in [3.05, 3.63) is 52.7 Å². The van der Waals surface area contributed by atoms with E-state index in [1.807, 2.05) is 42.4 Å². The number of hydrogen-bond donors (Lipinski definition) is 0. The second kappa shape index (κ2) is 7.52. The number of carbonyl (C=O) groups is 1. The van der Waals surface area contributed by atoms with Gasteiger partial charge in [0.15, 0.2) is 0 Å². The van der Waals surface area contributed by atoms with Gasteiger partial charge in [0.2, 0.25) is 0 Å². The number of amides is 1. The van der Waals surface area contributed by atoms with E-state index >= 15 is 0 Å². The van der Waals surface area contributed by atoms with Gasteiger partial charge in [-0.3, -0.25) is 4.79 Å². The Labute approximate surface area is 163 Å². The summed E-state index contributed by atoms with van der Waals surface area (Å²) >= 11 is 1.65. The third-order valence-corrected chi connectivity index (χ3v) is 5.66. The largest absolute Gasteiger partial charge is 0.356 e.